The van der Waals surface area contributed by atoms with E-state index in [1.807, 2.05) is 91.0 Å². The van der Waals surface area contributed by atoms with Gasteiger partial charge in [-0.1, -0.05) is 91.0 Å². The van der Waals surface area contributed by atoms with Crippen LogP contribution in [0.2, 0.25) is 0 Å². The number of amides is 1. The van der Waals surface area contributed by atoms with Crippen LogP contribution in [0.5, 0.6) is 0 Å². The number of nitrogens with one attached hydrogen (secondary N) is 1. The molecule has 3 aromatic carbocycles. The van der Waals surface area contributed by atoms with Gasteiger partial charge < -0.3 is 24.3 Å². The van der Waals surface area contributed by atoms with Crippen LogP contribution in [-0.4, -0.2) is 57.8 Å². The summed E-state index contributed by atoms with van der Waals surface area (Å²) < 4.78 is 54.3. The second-order valence-corrected chi connectivity index (χ2v) is 12.4. The summed E-state index contributed by atoms with van der Waals surface area (Å²) in [6, 6.07) is 28.5. The Morgan fingerprint density at radius 1 is 0.738 bits per heavy atom. The molecule has 0 aliphatic heterocycles. The van der Waals surface area contributed by atoms with E-state index < -0.39 is 40.1 Å². The topological polar surface area (TPSA) is 109 Å². The fraction of sp³-hybridized carbons (Fsp3) is 0.406. The van der Waals surface area contributed by atoms with Gasteiger partial charge in [-0.3, -0.25) is 4.18 Å². The molecule has 0 radical (unpaired) electrons. The SMILES string of the molecule is CC(C)(C)OC(=O)NC[C@H](OCc1ccccc1)[C@@H](OCc1ccccc1)[C@H](COCc1ccccc1)OS(C)(=O)=O. The molecule has 0 aromatic heterocycles. The third kappa shape index (κ3) is 13.1. The van der Waals surface area contributed by atoms with Crippen molar-refractivity contribution < 1.29 is 36.3 Å². The van der Waals surface area contributed by atoms with Crippen LogP contribution >= 0.6 is 0 Å². The lowest BCUT2D eigenvalue weighted by atomic mass is 10.1. The van der Waals surface area contributed by atoms with E-state index in [-0.39, 0.29) is 33.0 Å². The Morgan fingerprint density at radius 3 is 1.69 bits per heavy atom. The Hall–Kier alpha value is -3.28. The molecule has 3 aromatic rings. The summed E-state index contributed by atoms with van der Waals surface area (Å²) in [5.74, 6) is 0. The molecule has 228 valence electrons. The first-order valence-electron chi connectivity index (χ1n) is 13.8. The van der Waals surface area contributed by atoms with Crippen LogP contribution in [0.4, 0.5) is 4.79 Å². The average molecular weight is 600 g/mol. The van der Waals surface area contributed by atoms with Crippen molar-refractivity contribution in [2.75, 3.05) is 19.4 Å². The summed E-state index contributed by atoms with van der Waals surface area (Å²) in [5, 5.41) is 2.74. The van der Waals surface area contributed by atoms with E-state index in [1.165, 1.54) is 0 Å². The number of alkyl carbamates (subject to hydrolysis) is 1. The van der Waals surface area contributed by atoms with Crippen molar-refractivity contribution in [1.82, 2.24) is 5.32 Å². The molecular formula is C32H41NO8S. The molecule has 0 aliphatic rings. The maximum Gasteiger partial charge on any atom is 0.407 e. The first kappa shape index (κ1) is 33.2. The van der Waals surface area contributed by atoms with Gasteiger partial charge >= 0.3 is 6.09 Å². The molecule has 0 spiro atoms. The molecular weight excluding hydrogens is 558 g/mol. The molecule has 0 saturated heterocycles. The zero-order valence-corrected chi connectivity index (χ0v) is 25.4. The third-order valence-electron chi connectivity index (χ3n) is 5.86. The summed E-state index contributed by atoms with van der Waals surface area (Å²) in [6.07, 6.45) is -2.56. The number of carbonyl (C=O) groups is 1. The molecule has 9 nitrogen and oxygen atoms in total. The highest BCUT2D eigenvalue weighted by molar-refractivity contribution is 7.86. The number of hydrogen-bond donors (Lipinski definition) is 1. The van der Waals surface area contributed by atoms with Gasteiger partial charge in [0.05, 0.1) is 32.7 Å². The highest BCUT2D eigenvalue weighted by Gasteiger charge is 2.36. The molecule has 0 unspecified atom stereocenters. The van der Waals surface area contributed by atoms with Gasteiger partial charge in [0.15, 0.2) is 0 Å². The van der Waals surface area contributed by atoms with Gasteiger partial charge in [0.1, 0.15) is 23.9 Å². The van der Waals surface area contributed by atoms with Gasteiger partial charge in [0, 0.05) is 6.54 Å². The van der Waals surface area contributed by atoms with Crippen molar-refractivity contribution in [3.8, 4) is 0 Å². The van der Waals surface area contributed by atoms with E-state index in [0.717, 1.165) is 22.9 Å². The first-order chi connectivity index (χ1) is 20.0. The fourth-order valence-corrected chi connectivity index (χ4v) is 4.65. The molecule has 3 rings (SSSR count). The Balaban J connectivity index is 1.89. The number of hydrogen-bond acceptors (Lipinski definition) is 8. The van der Waals surface area contributed by atoms with Crippen LogP contribution in [0.3, 0.4) is 0 Å². The van der Waals surface area contributed by atoms with E-state index in [2.05, 4.69) is 5.32 Å². The lowest BCUT2D eigenvalue weighted by Gasteiger charge is -2.33. The summed E-state index contributed by atoms with van der Waals surface area (Å²) in [7, 11) is -3.93. The molecule has 42 heavy (non-hydrogen) atoms. The summed E-state index contributed by atoms with van der Waals surface area (Å²) >= 11 is 0. The summed E-state index contributed by atoms with van der Waals surface area (Å²) in [4.78, 5) is 12.6. The quantitative estimate of drug-likeness (QED) is 0.223. The highest BCUT2D eigenvalue weighted by atomic mass is 32.2. The first-order valence-corrected chi connectivity index (χ1v) is 15.6. The molecule has 3 atom stereocenters. The van der Waals surface area contributed by atoms with Crippen LogP contribution in [0.1, 0.15) is 37.5 Å². The predicted octanol–water partition coefficient (Wildman–Crippen LogP) is 5.24. The molecule has 0 bridgehead atoms. The van der Waals surface area contributed by atoms with Crippen molar-refractivity contribution in [2.45, 2.75) is 64.5 Å². The minimum atomic E-state index is -3.93. The Kier molecular flexibility index (Phi) is 13.0. The van der Waals surface area contributed by atoms with Crippen molar-refractivity contribution in [3.05, 3.63) is 108 Å². The van der Waals surface area contributed by atoms with Crippen LogP contribution < -0.4 is 5.32 Å². The summed E-state index contributed by atoms with van der Waals surface area (Å²) in [5.41, 5.74) is 1.97. The van der Waals surface area contributed by atoms with Crippen LogP contribution in [-0.2, 0) is 53.1 Å². The zero-order valence-electron chi connectivity index (χ0n) is 24.6. The monoisotopic (exact) mass is 599 g/mol. The van der Waals surface area contributed by atoms with Gasteiger partial charge in [-0.2, -0.15) is 8.42 Å². The van der Waals surface area contributed by atoms with Crippen molar-refractivity contribution >= 4 is 16.2 Å². The molecule has 0 heterocycles. The van der Waals surface area contributed by atoms with Crippen molar-refractivity contribution in [3.63, 3.8) is 0 Å². The molecule has 0 fully saturated rings. The fourth-order valence-electron chi connectivity index (χ4n) is 4.04. The molecule has 1 amide bonds. The van der Waals surface area contributed by atoms with E-state index in [9.17, 15) is 13.2 Å². The second kappa shape index (κ2) is 16.4. The van der Waals surface area contributed by atoms with Gasteiger partial charge in [-0.25, -0.2) is 4.79 Å². The highest BCUT2D eigenvalue weighted by Crippen LogP contribution is 2.20. The largest absolute Gasteiger partial charge is 0.444 e. The van der Waals surface area contributed by atoms with Crippen molar-refractivity contribution in [1.29, 1.82) is 0 Å². The number of rotatable bonds is 16. The van der Waals surface area contributed by atoms with Gasteiger partial charge in [-0.15, -0.1) is 0 Å². The van der Waals surface area contributed by atoms with Crippen LogP contribution in [0, 0.1) is 0 Å². The maximum atomic E-state index is 12.6. The Morgan fingerprint density at radius 2 is 1.21 bits per heavy atom. The predicted molar refractivity (Wildman–Crippen MR) is 160 cm³/mol. The van der Waals surface area contributed by atoms with Gasteiger partial charge in [0.25, 0.3) is 10.1 Å². The molecule has 0 aliphatic carbocycles. The Bertz CT molecular complexity index is 1300. The van der Waals surface area contributed by atoms with Crippen LogP contribution in [0.25, 0.3) is 0 Å². The smallest absolute Gasteiger partial charge is 0.407 e. The lowest BCUT2D eigenvalue weighted by molar-refractivity contribution is -0.137. The molecule has 1 N–H and O–H groups in total. The van der Waals surface area contributed by atoms with E-state index in [4.69, 9.17) is 23.1 Å². The molecule has 10 heteroatoms. The average Bonchev–Trinajstić information content (AvgIpc) is 2.94. The minimum absolute atomic E-state index is 0.0382. The third-order valence-corrected chi connectivity index (χ3v) is 6.46. The number of ether oxygens (including phenoxy) is 4. The van der Waals surface area contributed by atoms with Crippen molar-refractivity contribution in [2.24, 2.45) is 0 Å². The normalized spacial score (nSPS) is 14.1. The van der Waals surface area contributed by atoms with Gasteiger partial charge in [-0.05, 0) is 37.5 Å². The second-order valence-electron chi connectivity index (χ2n) is 10.8. The number of carbonyl (C=O) groups excluding carboxylic acids is 1. The van der Waals surface area contributed by atoms with E-state index in [1.54, 1.807) is 20.8 Å². The Labute approximate surface area is 249 Å². The van der Waals surface area contributed by atoms with Gasteiger partial charge in [0.2, 0.25) is 0 Å². The van der Waals surface area contributed by atoms with E-state index >= 15 is 0 Å². The molecule has 0 saturated carbocycles. The minimum Gasteiger partial charge on any atom is -0.444 e. The maximum absolute atomic E-state index is 12.6. The van der Waals surface area contributed by atoms with E-state index in [0.29, 0.717) is 0 Å². The number of benzene rings is 3. The standard InChI is InChI=1S/C32H41NO8S/c1-32(2,3)40-31(34)33-20-28(38-22-26-16-10-6-11-17-26)30(39-23-27-18-12-7-13-19-27)29(41-42(4,35)36)24-37-21-25-14-8-5-9-15-25/h5-19,28-30H,20-24H2,1-4H3,(H,33,34)/t28-,29-,30+/m0/s1. The summed E-state index contributed by atoms with van der Waals surface area (Å²) in [6.45, 7) is 5.71. The van der Waals surface area contributed by atoms with Crippen LogP contribution in [0.15, 0.2) is 91.0 Å². The zero-order chi connectivity index (χ0) is 30.4. The lowest BCUT2D eigenvalue weighted by Crippen LogP contribution is -2.50.